The SMILES string of the molecule is CC(=O)SCC1CC(=O)N(CCc2ccc(Cl)c(Cl)c2)C1. The molecular weight excluding hydrogens is 329 g/mol. The van der Waals surface area contributed by atoms with Crippen LogP contribution in [0.5, 0.6) is 0 Å². The van der Waals surface area contributed by atoms with Crippen molar-refractivity contribution in [1.82, 2.24) is 4.90 Å². The summed E-state index contributed by atoms with van der Waals surface area (Å²) in [4.78, 5) is 24.8. The zero-order valence-electron chi connectivity index (χ0n) is 11.8. The molecule has 1 aromatic rings. The van der Waals surface area contributed by atoms with E-state index < -0.39 is 0 Å². The molecule has 0 N–H and O–H groups in total. The lowest BCUT2D eigenvalue weighted by Gasteiger charge is -2.16. The first kappa shape index (κ1) is 16.7. The highest BCUT2D eigenvalue weighted by Crippen LogP contribution is 2.25. The Hall–Kier alpha value is -0.710. The van der Waals surface area contributed by atoms with Gasteiger partial charge in [-0.3, -0.25) is 9.59 Å². The molecule has 0 spiro atoms. The molecule has 3 nitrogen and oxygen atoms in total. The van der Waals surface area contributed by atoms with Crippen molar-refractivity contribution in [2.45, 2.75) is 19.8 Å². The topological polar surface area (TPSA) is 37.4 Å². The lowest BCUT2D eigenvalue weighted by molar-refractivity contribution is -0.127. The van der Waals surface area contributed by atoms with Gasteiger partial charge in [-0.25, -0.2) is 0 Å². The zero-order valence-corrected chi connectivity index (χ0v) is 14.1. The van der Waals surface area contributed by atoms with Gasteiger partial charge in [0.2, 0.25) is 5.91 Å². The largest absolute Gasteiger partial charge is 0.342 e. The van der Waals surface area contributed by atoms with E-state index in [2.05, 4.69) is 0 Å². The lowest BCUT2D eigenvalue weighted by atomic mass is 10.1. The zero-order chi connectivity index (χ0) is 15.4. The summed E-state index contributed by atoms with van der Waals surface area (Å²) >= 11 is 13.2. The predicted octanol–water partition coefficient (Wildman–Crippen LogP) is 3.66. The molecule has 1 aliphatic rings. The van der Waals surface area contributed by atoms with Gasteiger partial charge in [-0.1, -0.05) is 41.0 Å². The second-order valence-electron chi connectivity index (χ2n) is 5.21. The van der Waals surface area contributed by atoms with Gasteiger partial charge in [-0.05, 0) is 30.0 Å². The summed E-state index contributed by atoms with van der Waals surface area (Å²) < 4.78 is 0. The Kier molecular flexibility index (Phi) is 5.97. The molecule has 1 aromatic carbocycles. The molecule has 6 heteroatoms. The van der Waals surface area contributed by atoms with Crippen LogP contribution in [0.4, 0.5) is 0 Å². The number of hydrogen-bond donors (Lipinski definition) is 0. The third-order valence-corrected chi connectivity index (χ3v) is 5.25. The van der Waals surface area contributed by atoms with Crippen LogP contribution in [-0.2, 0) is 16.0 Å². The molecule has 1 aliphatic heterocycles. The molecule has 1 unspecified atom stereocenters. The fraction of sp³-hybridized carbons (Fsp3) is 0.467. The molecule has 1 amide bonds. The van der Waals surface area contributed by atoms with Crippen LogP contribution in [-0.4, -0.2) is 34.8 Å². The Bertz CT molecular complexity index is 550. The molecule has 21 heavy (non-hydrogen) atoms. The van der Waals surface area contributed by atoms with Gasteiger partial charge in [0, 0.05) is 32.2 Å². The molecule has 0 aromatic heterocycles. The van der Waals surface area contributed by atoms with Crippen molar-refractivity contribution < 1.29 is 9.59 Å². The summed E-state index contributed by atoms with van der Waals surface area (Å²) in [6, 6.07) is 5.54. The Morgan fingerprint density at radius 3 is 2.81 bits per heavy atom. The molecule has 1 atom stereocenters. The number of halogens is 2. The second-order valence-corrected chi connectivity index (χ2v) is 7.22. The third kappa shape index (κ3) is 4.90. The molecule has 0 saturated carbocycles. The molecule has 1 saturated heterocycles. The third-order valence-electron chi connectivity index (χ3n) is 3.47. The number of likely N-dealkylation sites (tertiary alicyclic amines) is 1. The van der Waals surface area contributed by atoms with E-state index in [0.717, 1.165) is 24.3 Å². The Morgan fingerprint density at radius 2 is 2.14 bits per heavy atom. The van der Waals surface area contributed by atoms with Gasteiger partial charge in [0.25, 0.3) is 0 Å². The quantitative estimate of drug-likeness (QED) is 0.817. The van der Waals surface area contributed by atoms with Gasteiger partial charge in [0.05, 0.1) is 10.0 Å². The second kappa shape index (κ2) is 7.52. The van der Waals surface area contributed by atoms with E-state index in [0.29, 0.717) is 23.0 Å². The average Bonchev–Trinajstić information content (AvgIpc) is 2.78. The van der Waals surface area contributed by atoms with Crippen molar-refractivity contribution in [1.29, 1.82) is 0 Å². The molecule has 0 aliphatic carbocycles. The van der Waals surface area contributed by atoms with Crippen molar-refractivity contribution in [2.75, 3.05) is 18.8 Å². The predicted molar refractivity (Wildman–Crippen MR) is 88.0 cm³/mol. The number of carbonyl (C=O) groups excluding carboxylic acids is 2. The summed E-state index contributed by atoms with van der Waals surface area (Å²) in [7, 11) is 0. The maximum Gasteiger partial charge on any atom is 0.222 e. The number of amides is 1. The Labute approximate surface area is 139 Å². The van der Waals surface area contributed by atoms with E-state index >= 15 is 0 Å². The number of benzene rings is 1. The van der Waals surface area contributed by atoms with E-state index in [-0.39, 0.29) is 16.9 Å². The van der Waals surface area contributed by atoms with Crippen molar-refractivity contribution in [3.63, 3.8) is 0 Å². The van der Waals surface area contributed by atoms with Crippen LogP contribution < -0.4 is 0 Å². The van der Waals surface area contributed by atoms with Crippen LogP contribution in [0.2, 0.25) is 10.0 Å². The minimum atomic E-state index is 0.108. The van der Waals surface area contributed by atoms with Gasteiger partial charge >= 0.3 is 0 Å². The standard InChI is InChI=1S/C15H17Cl2NO2S/c1-10(19)21-9-12-7-15(20)18(8-12)5-4-11-2-3-13(16)14(17)6-11/h2-3,6,12H,4-5,7-9H2,1H3. The summed E-state index contributed by atoms with van der Waals surface area (Å²) in [5.74, 6) is 1.18. The number of nitrogens with zero attached hydrogens (tertiary/aromatic N) is 1. The van der Waals surface area contributed by atoms with Crippen LogP contribution in [0, 0.1) is 5.92 Å². The smallest absolute Gasteiger partial charge is 0.222 e. The fourth-order valence-electron chi connectivity index (χ4n) is 2.38. The van der Waals surface area contributed by atoms with Crippen molar-refractivity contribution in [2.24, 2.45) is 5.92 Å². The Morgan fingerprint density at radius 1 is 1.38 bits per heavy atom. The van der Waals surface area contributed by atoms with Crippen molar-refractivity contribution >= 4 is 46.0 Å². The van der Waals surface area contributed by atoms with Crippen molar-refractivity contribution in [3.05, 3.63) is 33.8 Å². The summed E-state index contributed by atoms with van der Waals surface area (Å²) in [6.07, 6.45) is 1.30. The van der Waals surface area contributed by atoms with E-state index in [1.807, 2.05) is 17.0 Å². The van der Waals surface area contributed by atoms with Crippen LogP contribution in [0.1, 0.15) is 18.9 Å². The highest BCUT2D eigenvalue weighted by Gasteiger charge is 2.29. The van der Waals surface area contributed by atoms with Crippen LogP contribution in [0.15, 0.2) is 18.2 Å². The molecule has 114 valence electrons. The number of thioether (sulfide) groups is 1. The molecule has 0 radical (unpaired) electrons. The Balaban J connectivity index is 1.84. The average molecular weight is 346 g/mol. The van der Waals surface area contributed by atoms with Crippen LogP contribution >= 0.6 is 35.0 Å². The minimum absolute atomic E-state index is 0.108. The maximum atomic E-state index is 12.0. The number of rotatable bonds is 5. The van der Waals surface area contributed by atoms with E-state index in [1.165, 1.54) is 11.8 Å². The van der Waals surface area contributed by atoms with Gasteiger partial charge < -0.3 is 4.90 Å². The van der Waals surface area contributed by atoms with Crippen LogP contribution in [0.25, 0.3) is 0 Å². The van der Waals surface area contributed by atoms with Gasteiger partial charge in [-0.15, -0.1) is 0 Å². The maximum absolute atomic E-state index is 12.0. The summed E-state index contributed by atoms with van der Waals surface area (Å²) in [5.41, 5.74) is 1.07. The molecule has 0 bridgehead atoms. The highest BCUT2D eigenvalue weighted by molar-refractivity contribution is 8.13. The number of hydrogen-bond acceptors (Lipinski definition) is 3. The molecule has 1 fully saturated rings. The van der Waals surface area contributed by atoms with Gasteiger partial charge in [-0.2, -0.15) is 0 Å². The van der Waals surface area contributed by atoms with Crippen LogP contribution in [0.3, 0.4) is 0 Å². The van der Waals surface area contributed by atoms with E-state index in [9.17, 15) is 9.59 Å². The first-order valence-corrected chi connectivity index (χ1v) is 8.55. The first-order valence-electron chi connectivity index (χ1n) is 6.80. The monoisotopic (exact) mass is 345 g/mol. The fourth-order valence-corrected chi connectivity index (χ4v) is 3.39. The minimum Gasteiger partial charge on any atom is -0.342 e. The van der Waals surface area contributed by atoms with E-state index in [1.54, 1.807) is 13.0 Å². The number of carbonyl (C=O) groups is 2. The summed E-state index contributed by atoms with van der Waals surface area (Å²) in [5, 5.41) is 1.19. The van der Waals surface area contributed by atoms with Gasteiger partial charge in [0.1, 0.15) is 0 Å². The summed E-state index contributed by atoms with van der Waals surface area (Å²) in [6.45, 7) is 2.97. The normalized spacial score (nSPS) is 18.3. The van der Waals surface area contributed by atoms with E-state index in [4.69, 9.17) is 23.2 Å². The lowest BCUT2D eigenvalue weighted by Crippen LogP contribution is -2.27. The highest BCUT2D eigenvalue weighted by atomic mass is 35.5. The molecule has 2 rings (SSSR count). The first-order chi connectivity index (χ1) is 9.95. The molecular formula is C15H17Cl2NO2S. The van der Waals surface area contributed by atoms with Crippen molar-refractivity contribution in [3.8, 4) is 0 Å². The van der Waals surface area contributed by atoms with Gasteiger partial charge in [0.15, 0.2) is 5.12 Å². The molecule has 1 heterocycles.